The first-order valence-electron chi connectivity index (χ1n) is 9.70. The Kier molecular flexibility index (Phi) is 4.24. The van der Waals surface area contributed by atoms with Gasteiger partial charge in [0, 0.05) is 30.9 Å². The van der Waals surface area contributed by atoms with Crippen LogP contribution in [0.4, 0.5) is 11.6 Å². The van der Waals surface area contributed by atoms with Gasteiger partial charge in [-0.15, -0.1) is 0 Å². The average Bonchev–Trinajstić information content (AvgIpc) is 2.71. The lowest BCUT2D eigenvalue weighted by molar-refractivity contribution is 0.160. The fraction of sp³-hybridized carbons (Fsp3) is 0.381. The predicted octanol–water partition coefficient (Wildman–Crippen LogP) is 3.28. The monoisotopic (exact) mass is 361 g/mol. The molecule has 4 heterocycles. The van der Waals surface area contributed by atoms with Gasteiger partial charge in [0.25, 0.3) is 5.88 Å². The summed E-state index contributed by atoms with van der Waals surface area (Å²) in [6.07, 6.45) is 7.30. The Balaban J connectivity index is 1.26. The maximum atomic E-state index is 6.19. The average molecular weight is 361 g/mol. The fourth-order valence-electron chi connectivity index (χ4n) is 3.81. The first-order valence-corrected chi connectivity index (χ1v) is 9.70. The SMILES string of the molecule is c1ccc2nc(N3CC(Oc4nccnc4N4CCCCC4)C3)ccc2c1. The second kappa shape index (κ2) is 7.02. The van der Waals surface area contributed by atoms with E-state index in [0.717, 1.165) is 43.3 Å². The van der Waals surface area contributed by atoms with Crippen LogP contribution in [0.5, 0.6) is 5.88 Å². The number of benzene rings is 1. The first kappa shape index (κ1) is 16.3. The molecule has 6 nitrogen and oxygen atoms in total. The van der Waals surface area contributed by atoms with E-state index in [1.807, 2.05) is 12.1 Å². The van der Waals surface area contributed by atoms with Crippen molar-refractivity contribution >= 4 is 22.5 Å². The van der Waals surface area contributed by atoms with Crippen LogP contribution in [0.2, 0.25) is 0 Å². The van der Waals surface area contributed by atoms with Gasteiger partial charge in [0.15, 0.2) is 5.82 Å². The van der Waals surface area contributed by atoms with Gasteiger partial charge >= 0.3 is 0 Å². The van der Waals surface area contributed by atoms with Crippen molar-refractivity contribution in [2.75, 3.05) is 36.0 Å². The Labute approximate surface area is 158 Å². The molecule has 1 aromatic carbocycles. The van der Waals surface area contributed by atoms with E-state index in [1.54, 1.807) is 12.4 Å². The summed E-state index contributed by atoms with van der Waals surface area (Å²) in [6.45, 7) is 3.71. The van der Waals surface area contributed by atoms with Crippen molar-refractivity contribution in [3.63, 3.8) is 0 Å². The van der Waals surface area contributed by atoms with E-state index in [4.69, 9.17) is 9.72 Å². The van der Waals surface area contributed by atoms with Crippen molar-refractivity contribution in [3.8, 4) is 5.88 Å². The Morgan fingerprint density at radius 2 is 1.67 bits per heavy atom. The Morgan fingerprint density at radius 1 is 0.852 bits per heavy atom. The van der Waals surface area contributed by atoms with Crippen LogP contribution >= 0.6 is 0 Å². The summed E-state index contributed by atoms with van der Waals surface area (Å²) in [6, 6.07) is 12.4. The van der Waals surface area contributed by atoms with Crippen molar-refractivity contribution < 1.29 is 4.74 Å². The van der Waals surface area contributed by atoms with Gasteiger partial charge in [-0.05, 0) is 37.5 Å². The highest BCUT2D eigenvalue weighted by molar-refractivity contribution is 5.80. The van der Waals surface area contributed by atoms with Crippen molar-refractivity contribution in [1.82, 2.24) is 15.0 Å². The van der Waals surface area contributed by atoms with E-state index in [-0.39, 0.29) is 6.10 Å². The topological polar surface area (TPSA) is 54.4 Å². The zero-order valence-electron chi connectivity index (χ0n) is 15.3. The van der Waals surface area contributed by atoms with Crippen LogP contribution in [0.1, 0.15) is 19.3 Å². The van der Waals surface area contributed by atoms with Crippen LogP contribution < -0.4 is 14.5 Å². The van der Waals surface area contributed by atoms with E-state index in [2.05, 4.69) is 44.0 Å². The van der Waals surface area contributed by atoms with Crippen molar-refractivity contribution in [2.45, 2.75) is 25.4 Å². The number of ether oxygens (including phenoxy) is 1. The summed E-state index contributed by atoms with van der Waals surface area (Å²) in [5, 5.41) is 1.17. The van der Waals surface area contributed by atoms with Crippen LogP contribution in [-0.2, 0) is 0 Å². The van der Waals surface area contributed by atoms with E-state index in [1.165, 1.54) is 24.6 Å². The second-order valence-corrected chi connectivity index (χ2v) is 7.24. The van der Waals surface area contributed by atoms with E-state index >= 15 is 0 Å². The maximum Gasteiger partial charge on any atom is 0.258 e. The molecule has 3 aromatic rings. The summed E-state index contributed by atoms with van der Waals surface area (Å²) in [4.78, 5) is 18.3. The first-order chi connectivity index (χ1) is 13.4. The quantitative estimate of drug-likeness (QED) is 0.711. The normalized spacial score (nSPS) is 17.8. The molecule has 6 heteroatoms. The lowest BCUT2D eigenvalue weighted by Gasteiger charge is -2.40. The molecule has 2 aliphatic heterocycles. The number of nitrogens with zero attached hydrogens (tertiary/aromatic N) is 5. The smallest absolute Gasteiger partial charge is 0.258 e. The molecule has 0 N–H and O–H groups in total. The molecule has 2 fully saturated rings. The zero-order valence-corrected chi connectivity index (χ0v) is 15.3. The van der Waals surface area contributed by atoms with Crippen LogP contribution in [0.3, 0.4) is 0 Å². The fourth-order valence-corrected chi connectivity index (χ4v) is 3.81. The number of hydrogen-bond acceptors (Lipinski definition) is 6. The van der Waals surface area contributed by atoms with E-state index in [9.17, 15) is 0 Å². The Hall–Kier alpha value is -2.89. The van der Waals surface area contributed by atoms with Gasteiger partial charge in [-0.25, -0.2) is 15.0 Å². The third kappa shape index (κ3) is 3.27. The number of para-hydroxylation sites is 1. The van der Waals surface area contributed by atoms with Crippen LogP contribution in [0, 0.1) is 0 Å². The maximum absolute atomic E-state index is 6.19. The van der Waals surface area contributed by atoms with Crippen molar-refractivity contribution in [2.24, 2.45) is 0 Å². The van der Waals surface area contributed by atoms with Gasteiger partial charge in [0.05, 0.1) is 18.6 Å². The summed E-state index contributed by atoms with van der Waals surface area (Å²) in [5.41, 5.74) is 1.03. The van der Waals surface area contributed by atoms with E-state index in [0.29, 0.717) is 5.88 Å². The highest BCUT2D eigenvalue weighted by atomic mass is 16.5. The molecule has 27 heavy (non-hydrogen) atoms. The molecule has 0 atom stereocenters. The molecule has 5 rings (SSSR count). The van der Waals surface area contributed by atoms with Crippen LogP contribution in [0.25, 0.3) is 10.9 Å². The number of rotatable bonds is 4. The number of piperidine rings is 1. The minimum Gasteiger partial charge on any atom is -0.468 e. The largest absolute Gasteiger partial charge is 0.468 e. The lowest BCUT2D eigenvalue weighted by Crippen LogP contribution is -2.54. The number of pyridine rings is 1. The van der Waals surface area contributed by atoms with Crippen LogP contribution in [-0.4, -0.2) is 47.2 Å². The molecule has 138 valence electrons. The minimum atomic E-state index is 0.124. The molecular weight excluding hydrogens is 338 g/mol. The molecule has 0 saturated carbocycles. The van der Waals surface area contributed by atoms with Gasteiger partial charge in [-0.3, -0.25) is 0 Å². The molecule has 0 unspecified atom stereocenters. The molecule has 2 saturated heterocycles. The van der Waals surface area contributed by atoms with Crippen molar-refractivity contribution in [3.05, 3.63) is 48.8 Å². The second-order valence-electron chi connectivity index (χ2n) is 7.24. The number of aromatic nitrogens is 3. The summed E-state index contributed by atoms with van der Waals surface area (Å²) < 4.78 is 6.19. The lowest BCUT2D eigenvalue weighted by atomic mass is 10.1. The van der Waals surface area contributed by atoms with Gasteiger partial charge in [0.1, 0.15) is 11.9 Å². The molecular formula is C21H23N5O. The Morgan fingerprint density at radius 3 is 2.56 bits per heavy atom. The number of fused-ring (bicyclic) bond motifs is 1. The van der Waals surface area contributed by atoms with Gasteiger partial charge < -0.3 is 14.5 Å². The van der Waals surface area contributed by atoms with Gasteiger partial charge in [-0.1, -0.05) is 18.2 Å². The molecule has 2 aromatic heterocycles. The summed E-state index contributed by atoms with van der Waals surface area (Å²) >= 11 is 0. The predicted molar refractivity (Wildman–Crippen MR) is 106 cm³/mol. The van der Waals surface area contributed by atoms with Gasteiger partial charge in [-0.2, -0.15) is 0 Å². The highest BCUT2D eigenvalue weighted by Crippen LogP contribution is 2.29. The Bertz CT molecular complexity index is 935. The van der Waals surface area contributed by atoms with Crippen LogP contribution in [0.15, 0.2) is 48.8 Å². The molecule has 0 spiro atoms. The summed E-state index contributed by atoms with van der Waals surface area (Å²) in [5.74, 6) is 2.55. The van der Waals surface area contributed by atoms with E-state index < -0.39 is 0 Å². The van der Waals surface area contributed by atoms with Gasteiger partial charge in [0.2, 0.25) is 0 Å². The third-order valence-electron chi connectivity index (χ3n) is 5.34. The zero-order chi connectivity index (χ0) is 18.1. The molecule has 0 radical (unpaired) electrons. The molecule has 0 aliphatic carbocycles. The van der Waals surface area contributed by atoms with Crippen molar-refractivity contribution in [1.29, 1.82) is 0 Å². The summed E-state index contributed by atoms with van der Waals surface area (Å²) in [7, 11) is 0. The standard InChI is InChI=1S/C21H23N5O/c1-4-12-25(13-5-1)20-21(23-11-10-22-20)27-17-14-26(15-17)19-9-8-16-6-2-3-7-18(16)24-19/h2-3,6-11,17H,1,4-5,12-15H2. The number of anilines is 2. The number of hydrogen-bond donors (Lipinski definition) is 0. The third-order valence-corrected chi connectivity index (χ3v) is 5.34. The molecule has 2 aliphatic rings. The molecule has 0 bridgehead atoms. The highest BCUT2D eigenvalue weighted by Gasteiger charge is 2.31. The molecule has 0 amide bonds. The minimum absolute atomic E-state index is 0.124.